The van der Waals surface area contributed by atoms with Gasteiger partial charge in [0.15, 0.2) is 0 Å². The van der Waals surface area contributed by atoms with Gasteiger partial charge in [-0.15, -0.1) is 0 Å². The zero-order valence-corrected chi connectivity index (χ0v) is 15.6. The first kappa shape index (κ1) is 19.4. The number of aromatic nitrogens is 1. The normalized spacial score (nSPS) is 14.6. The van der Waals surface area contributed by atoms with E-state index in [1.807, 2.05) is 18.2 Å². The summed E-state index contributed by atoms with van der Waals surface area (Å²) < 4.78 is 38.4. The fraction of sp³-hybridized carbons (Fsp3) is 0.273. The summed E-state index contributed by atoms with van der Waals surface area (Å²) in [6.07, 6.45) is -1.92. The molecule has 0 aliphatic carbocycles. The third-order valence-corrected chi connectivity index (χ3v) is 5.20. The summed E-state index contributed by atoms with van der Waals surface area (Å²) in [6.45, 7) is 2.62. The molecule has 0 spiro atoms. The second-order valence-corrected chi connectivity index (χ2v) is 7.25. The van der Waals surface area contributed by atoms with Gasteiger partial charge in [-0.25, -0.2) is 0 Å². The maximum Gasteiger partial charge on any atom is 0.416 e. The Balaban J connectivity index is 1.55. The van der Waals surface area contributed by atoms with Crippen LogP contribution in [0, 0.1) is 5.92 Å². The lowest BCUT2D eigenvalue weighted by atomic mass is 9.99. The molecule has 150 valence electrons. The highest BCUT2D eigenvalue weighted by Crippen LogP contribution is 2.32. The van der Waals surface area contributed by atoms with Crippen molar-refractivity contribution in [2.75, 3.05) is 19.6 Å². The van der Waals surface area contributed by atoms with Crippen molar-refractivity contribution in [1.82, 2.24) is 15.6 Å². The molecule has 4 rings (SSSR count). The van der Waals surface area contributed by atoms with Crippen LogP contribution in [0.2, 0.25) is 0 Å². The number of amides is 1. The second-order valence-electron chi connectivity index (χ2n) is 7.25. The van der Waals surface area contributed by atoms with Crippen LogP contribution >= 0.6 is 0 Å². The van der Waals surface area contributed by atoms with Crippen LogP contribution in [0.25, 0.3) is 22.0 Å². The molecule has 0 atom stereocenters. The lowest BCUT2D eigenvalue weighted by molar-refractivity contribution is -0.137. The van der Waals surface area contributed by atoms with Gasteiger partial charge in [0, 0.05) is 23.7 Å². The number of nitrogens with zero attached hydrogens (tertiary/aromatic N) is 1. The van der Waals surface area contributed by atoms with Gasteiger partial charge in [-0.2, -0.15) is 13.2 Å². The summed E-state index contributed by atoms with van der Waals surface area (Å²) in [7, 11) is 0. The lowest BCUT2D eigenvalue weighted by Crippen LogP contribution is -2.43. The van der Waals surface area contributed by atoms with E-state index in [0.29, 0.717) is 29.1 Å². The van der Waals surface area contributed by atoms with E-state index in [4.69, 9.17) is 0 Å². The number of alkyl halides is 3. The Labute approximate surface area is 166 Å². The van der Waals surface area contributed by atoms with E-state index in [1.54, 1.807) is 6.07 Å². The highest BCUT2D eigenvalue weighted by Gasteiger charge is 2.30. The standard InChI is InChI=1S/C22H20F3N3O/c23-22(24,25)18-6-4-15(5-7-18)19-3-1-2-16-10-17(13-28-20(16)19)21(29)27-9-8-14-11-26-12-14/h1-7,10,13-14,26H,8-9,11-12H2,(H,27,29). The average molecular weight is 399 g/mol. The van der Waals surface area contributed by atoms with Crippen molar-refractivity contribution in [2.24, 2.45) is 5.92 Å². The monoisotopic (exact) mass is 399 g/mol. The van der Waals surface area contributed by atoms with Crippen LogP contribution in [-0.2, 0) is 6.18 Å². The summed E-state index contributed by atoms with van der Waals surface area (Å²) in [4.78, 5) is 16.8. The number of hydrogen-bond donors (Lipinski definition) is 2. The van der Waals surface area contributed by atoms with Crippen LogP contribution in [0.15, 0.2) is 54.7 Å². The molecule has 0 bridgehead atoms. The molecule has 1 aliphatic heterocycles. The quantitative estimate of drug-likeness (QED) is 0.674. The van der Waals surface area contributed by atoms with E-state index in [9.17, 15) is 18.0 Å². The van der Waals surface area contributed by atoms with Crippen molar-refractivity contribution < 1.29 is 18.0 Å². The number of para-hydroxylation sites is 1. The maximum atomic E-state index is 12.8. The van der Waals surface area contributed by atoms with E-state index in [0.717, 1.165) is 42.6 Å². The number of halogens is 3. The zero-order valence-electron chi connectivity index (χ0n) is 15.6. The third-order valence-electron chi connectivity index (χ3n) is 5.20. The van der Waals surface area contributed by atoms with Crippen LogP contribution in [0.5, 0.6) is 0 Å². The molecule has 2 heterocycles. The Morgan fingerprint density at radius 2 is 1.90 bits per heavy atom. The van der Waals surface area contributed by atoms with E-state index in [-0.39, 0.29) is 5.91 Å². The molecule has 2 aromatic carbocycles. The summed E-state index contributed by atoms with van der Waals surface area (Å²) in [5.41, 5.74) is 1.78. The highest BCUT2D eigenvalue weighted by molar-refractivity contribution is 6.00. The number of benzene rings is 2. The van der Waals surface area contributed by atoms with Crippen LogP contribution in [0.1, 0.15) is 22.3 Å². The van der Waals surface area contributed by atoms with Crippen LogP contribution in [0.4, 0.5) is 13.2 Å². The van der Waals surface area contributed by atoms with E-state index in [2.05, 4.69) is 15.6 Å². The molecule has 2 N–H and O–H groups in total. The molecular weight excluding hydrogens is 379 g/mol. The Morgan fingerprint density at radius 3 is 2.55 bits per heavy atom. The van der Waals surface area contributed by atoms with Crippen LogP contribution in [-0.4, -0.2) is 30.5 Å². The van der Waals surface area contributed by atoms with Gasteiger partial charge in [-0.05, 0) is 49.2 Å². The predicted molar refractivity (Wildman–Crippen MR) is 105 cm³/mol. The topological polar surface area (TPSA) is 54.0 Å². The molecule has 4 nitrogen and oxygen atoms in total. The number of nitrogens with one attached hydrogen (secondary N) is 2. The molecule has 3 aromatic rings. The van der Waals surface area contributed by atoms with Gasteiger partial charge in [-0.1, -0.05) is 30.3 Å². The molecule has 1 fully saturated rings. The predicted octanol–water partition coefficient (Wildman–Crippen LogP) is 4.26. The van der Waals surface area contributed by atoms with Gasteiger partial charge >= 0.3 is 6.18 Å². The number of rotatable bonds is 5. The Kier molecular flexibility index (Phi) is 5.24. The van der Waals surface area contributed by atoms with E-state index in [1.165, 1.54) is 18.3 Å². The van der Waals surface area contributed by atoms with Gasteiger partial charge in [0.2, 0.25) is 0 Å². The zero-order chi connectivity index (χ0) is 20.4. The molecule has 0 unspecified atom stereocenters. The molecule has 1 aromatic heterocycles. The molecule has 29 heavy (non-hydrogen) atoms. The number of hydrogen-bond acceptors (Lipinski definition) is 3. The molecule has 0 radical (unpaired) electrons. The smallest absolute Gasteiger partial charge is 0.352 e. The summed E-state index contributed by atoms with van der Waals surface area (Å²) >= 11 is 0. The minimum Gasteiger partial charge on any atom is -0.352 e. The molecular formula is C22H20F3N3O. The fourth-order valence-corrected chi connectivity index (χ4v) is 3.40. The first-order valence-electron chi connectivity index (χ1n) is 9.47. The fourth-order valence-electron chi connectivity index (χ4n) is 3.40. The Bertz CT molecular complexity index is 1030. The average Bonchev–Trinajstić information content (AvgIpc) is 2.68. The van der Waals surface area contributed by atoms with Gasteiger partial charge in [0.1, 0.15) is 0 Å². The van der Waals surface area contributed by atoms with Gasteiger partial charge < -0.3 is 10.6 Å². The summed E-state index contributed by atoms with van der Waals surface area (Å²) in [5.74, 6) is 0.447. The second kappa shape index (κ2) is 7.83. The molecule has 0 saturated carbocycles. The third kappa shape index (κ3) is 4.24. The van der Waals surface area contributed by atoms with Crippen molar-refractivity contribution in [3.8, 4) is 11.1 Å². The minimum absolute atomic E-state index is 0.174. The lowest BCUT2D eigenvalue weighted by Gasteiger charge is -2.26. The number of pyridine rings is 1. The van der Waals surface area contributed by atoms with Crippen molar-refractivity contribution >= 4 is 16.8 Å². The van der Waals surface area contributed by atoms with Crippen LogP contribution < -0.4 is 10.6 Å². The molecule has 7 heteroatoms. The van der Waals surface area contributed by atoms with E-state index < -0.39 is 11.7 Å². The first-order chi connectivity index (χ1) is 13.9. The number of carbonyl (C=O) groups is 1. The highest BCUT2D eigenvalue weighted by atomic mass is 19.4. The largest absolute Gasteiger partial charge is 0.416 e. The SMILES string of the molecule is O=C(NCCC1CNC1)c1cnc2c(-c3ccc(C(F)(F)F)cc3)cccc2c1. The molecule has 1 amide bonds. The Morgan fingerprint density at radius 1 is 1.14 bits per heavy atom. The molecule has 1 aliphatic rings. The van der Waals surface area contributed by atoms with Gasteiger partial charge in [0.05, 0.1) is 16.6 Å². The number of fused-ring (bicyclic) bond motifs is 1. The van der Waals surface area contributed by atoms with Crippen molar-refractivity contribution in [3.63, 3.8) is 0 Å². The summed E-state index contributed by atoms with van der Waals surface area (Å²) in [5, 5.41) is 6.88. The molecule has 1 saturated heterocycles. The van der Waals surface area contributed by atoms with Gasteiger partial charge in [0.25, 0.3) is 5.91 Å². The van der Waals surface area contributed by atoms with E-state index >= 15 is 0 Å². The van der Waals surface area contributed by atoms with Crippen molar-refractivity contribution in [2.45, 2.75) is 12.6 Å². The summed E-state index contributed by atoms with van der Waals surface area (Å²) in [6, 6.07) is 12.2. The number of carbonyl (C=O) groups excluding carboxylic acids is 1. The van der Waals surface area contributed by atoms with Gasteiger partial charge in [-0.3, -0.25) is 9.78 Å². The van der Waals surface area contributed by atoms with Crippen molar-refractivity contribution in [1.29, 1.82) is 0 Å². The minimum atomic E-state index is -4.37. The van der Waals surface area contributed by atoms with Crippen molar-refractivity contribution in [3.05, 3.63) is 65.9 Å². The first-order valence-corrected chi connectivity index (χ1v) is 9.47. The maximum absolute atomic E-state index is 12.8. The Hall–Kier alpha value is -2.93. The van der Waals surface area contributed by atoms with Crippen LogP contribution in [0.3, 0.4) is 0 Å².